The highest BCUT2D eigenvalue weighted by Crippen LogP contribution is 2.16. The van der Waals surface area contributed by atoms with E-state index in [1.54, 1.807) is 43.3 Å². The molecule has 1 aromatic rings. The fourth-order valence-electron chi connectivity index (χ4n) is 1.43. The van der Waals surface area contributed by atoms with E-state index in [0.29, 0.717) is 17.8 Å². The van der Waals surface area contributed by atoms with Crippen LogP contribution in [0.25, 0.3) is 0 Å². The van der Waals surface area contributed by atoms with Crippen LogP contribution in [0.3, 0.4) is 0 Å². The molecule has 0 fully saturated rings. The van der Waals surface area contributed by atoms with Gasteiger partial charge in [0.2, 0.25) is 0 Å². The monoisotopic (exact) mass is 250 g/mol. The number of nitrogens with zero attached hydrogens (tertiary/aromatic N) is 3. The molecule has 0 radical (unpaired) electrons. The number of nitrogens with two attached hydrogens (primary N) is 1. The summed E-state index contributed by atoms with van der Waals surface area (Å²) < 4.78 is 0. The first-order valence-corrected chi connectivity index (χ1v) is 5.58. The summed E-state index contributed by atoms with van der Waals surface area (Å²) in [6.07, 6.45) is 0. The van der Waals surface area contributed by atoms with E-state index >= 15 is 0 Å². The van der Waals surface area contributed by atoms with Gasteiger partial charge in [0, 0.05) is 31.9 Å². The van der Waals surface area contributed by atoms with Crippen molar-refractivity contribution in [2.45, 2.75) is 6.92 Å². The standard InChI is InChI=1S/C12H18N4O2/c1-4-15(2)12(17)16(3)10-7-5-6-9(8-10)11(13)14-18/h5-8,18H,4H2,1-3H3,(H2,13,14). The highest BCUT2D eigenvalue weighted by molar-refractivity contribution is 5.99. The Kier molecular flexibility index (Phi) is 4.53. The summed E-state index contributed by atoms with van der Waals surface area (Å²) in [6, 6.07) is 6.82. The Morgan fingerprint density at radius 2 is 2.11 bits per heavy atom. The minimum atomic E-state index is -0.117. The fraction of sp³-hybridized carbons (Fsp3) is 0.333. The Morgan fingerprint density at radius 3 is 2.67 bits per heavy atom. The van der Waals surface area contributed by atoms with Crippen molar-refractivity contribution in [2.24, 2.45) is 10.9 Å². The summed E-state index contributed by atoms with van der Waals surface area (Å²) in [4.78, 5) is 15.1. The second kappa shape index (κ2) is 5.90. The summed E-state index contributed by atoms with van der Waals surface area (Å²) in [5.41, 5.74) is 6.76. The first-order valence-electron chi connectivity index (χ1n) is 5.58. The van der Waals surface area contributed by atoms with Crippen LogP contribution < -0.4 is 10.6 Å². The van der Waals surface area contributed by atoms with Gasteiger partial charge in [0.1, 0.15) is 0 Å². The van der Waals surface area contributed by atoms with Gasteiger partial charge in [-0.05, 0) is 19.1 Å². The number of carbonyl (C=O) groups is 1. The van der Waals surface area contributed by atoms with Gasteiger partial charge in [-0.15, -0.1) is 0 Å². The predicted octanol–water partition coefficient (Wildman–Crippen LogP) is 1.29. The lowest BCUT2D eigenvalue weighted by Gasteiger charge is -2.24. The van der Waals surface area contributed by atoms with E-state index in [9.17, 15) is 4.79 Å². The smallest absolute Gasteiger partial charge is 0.323 e. The largest absolute Gasteiger partial charge is 0.409 e. The first kappa shape index (κ1) is 13.8. The van der Waals surface area contributed by atoms with E-state index in [1.165, 1.54) is 4.90 Å². The van der Waals surface area contributed by atoms with Gasteiger partial charge in [-0.2, -0.15) is 0 Å². The number of hydrogen-bond acceptors (Lipinski definition) is 3. The molecule has 0 aliphatic heterocycles. The molecular weight excluding hydrogens is 232 g/mol. The molecule has 0 unspecified atom stereocenters. The maximum absolute atomic E-state index is 12.0. The van der Waals surface area contributed by atoms with E-state index in [4.69, 9.17) is 10.9 Å². The number of oxime groups is 1. The van der Waals surface area contributed by atoms with E-state index in [2.05, 4.69) is 5.16 Å². The van der Waals surface area contributed by atoms with Crippen LogP contribution in [0.15, 0.2) is 29.4 Å². The van der Waals surface area contributed by atoms with Gasteiger partial charge in [-0.1, -0.05) is 17.3 Å². The second-order valence-electron chi connectivity index (χ2n) is 3.89. The molecule has 0 spiro atoms. The van der Waals surface area contributed by atoms with Crippen molar-refractivity contribution in [1.82, 2.24) is 4.90 Å². The zero-order valence-corrected chi connectivity index (χ0v) is 10.8. The van der Waals surface area contributed by atoms with Crippen molar-refractivity contribution in [1.29, 1.82) is 0 Å². The Labute approximate surface area is 106 Å². The van der Waals surface area contributed by atoms with Crippen molar-refractivity contribution in [2.75, 3.05) is 25.5 Å². The number of amidine groups is 1. The molecule has 0 bridgehead atoms. The summed E-state index contributed by atoms with van der Waals surface area (Å²) in [5, 5.41) is 11.6. The number of rotatable bonds is 3. The molecule has 0 atom stereocenters. The van der Waals surface area contributed by atoms with E-state index in [-0.39, 0.29) is 11.9 Å². The first-order chi connectivity index (χ1) is 8.51. The predicted molar refractivity (Wildman–Crippen MR) is 71.1 cm³/mol. The molecule has 0 heterocycles. The Bertz CT molecular complexity index is 459. The average molecular weight is 250 g/mol. The zero-order valence-electron chi connectivity index (χ0n) is 10.8. The minimum Gasteiger partial charge on any atom is -0.409 e. The topological polar surface area (TPSA) is 82.2 Å². The molecule has 0 aliphatic rings. The number of anilines is 1. The molecule has 0 saturated carbocycles. The van der Waals surface area contributed by atoms with Crippen LogP contribution >= 0.6 is 0 Å². The van der Waals surface area contributed by atoms with Crippen LogP contribution in [0, 0.1) is 0 Å². The molecule has 6 heteroatoms. The molecule has 3 N–H and O–H groups in total. The third kappa shape index (κ3) is 2.91. The van der Waals surface area contributed by atoms with Crippen LogP contribution in [-0.2, 0) is 0 Å². The number of amides is 2. The number of urea groups is 1. The zero-order chi connectivity index (χ0) is 13.7. The lowest BCUT2D eigenvalue weighted by Crippen LogP contribution is -2.38. The van der Waals surface area contributed by atoms with Crippen molar-refractivity contribution >= 4 is 17.6 Å². The summed E-state index contributed by atoms with van der Waals surface area (Å²) in [5.74, 6) is 0.0153. The van der Waals surface area contributed by atoms with Gasteiger partial charge in [0.25, 0.3) is 0 Å². The SMILES string of the molecule is CCN(C)C(=O)N(C)c1cccc(C(N)=NO)c1. The summed E-state index contributed by atoms with van der Waals surface area (Å²) in [7, 11) is 3.41. The summed E-state index contributed by atoms with van der Waals surface area (Å²) in [6.45, 7) is 2.53. The molecule has 98 valence electrons. The fourth-order valence-corrected chi connectivity index (χ4v) is 1.43. The van der Waals surface area contributed by atoms with Gasteiger partial charge in [0.15, 0.2) is 5.84 Å². The Morgan fingerprint density at radius 1 is 1.44 bits per heavy atom. The van der Waals surface area contributed by atoms with Gasteiger partial charge < -0.3 is 15.8 Å². The van der Waals surface area contributed by atoms with Crippen molar-refractivity contribution in [3.05, 3.63) is 29.8 Å². The quantitative estimate of drug-likeness (QED) is 0.367. The van der Waals surface area contributed by atoms with Gasteiger partial charge in [-0.3, -0.25) is 4.90 Å². The number of benzene rings is 1. The highest BCUT2D eigenvalue weighted by atomic mass is 16.4. The molecule has 0 aliphatic carbocycles. The van der Waals surface area contributed by atoms with Crippen molar-refractivity contribution < 1.29 is 10.0 Å². The molecule has 1 rings (SSSR count). The third-order valence-electron chi connectivity index (χ3n) is 2.72. The van der Waals surface area contributed by atoms with E-state index < -0.39 is 0 Å². The maximum atomic E-state index is 12.0. The van der Waals surface area contributed by atoms with Crippen molar-refractivity contribution in [3.8, 4) is 0 Å². The van der Waals surface area contributed by atoms with Crippen LogP contribution in [0.1, 0.15) is 12.5 Å². The van der Waals surface area contributed by atoms with E-state index in [1.807, 2.05) is 6.92 Å². The highest BCUT2D eigenvalue weighted by Gasteiger charge is 2.14. The Hall–Kier alpha value is -2.24. The van der Waals surface area contributed by atoms with Crippen LogP contribution in [-0.4, -0.2) is 42.6 Å². The van der Waals surface area contributed by atoms with Crippen LogP contribution in [0.2, 0.25) is 0 Å². The molecule has 2 amide bonds. The lowest BCUT2D eigenvalue weighted by atomic mass is 10.2. The van der Waals surface area contributed by atoms with Gasteiger partial charge >= 0.3 is 6.03 Å². The van der Waals surface area contributed by atoms with Gasteiger partial charge in [-0.25, -0.2) is 4.79 Å². The molecule has 1 aromatic carbocycles. The van der Waals surface area contributed by atoms with Crippen LogP contribution in [0.4, 0.5) is 10.5 Å². The Balaban J connectivity index is 3.00. The summed E-state index contributed by atoms with van der Waals surface area (Å²) >= 11 is 0. The molecular formula is C12H18N4O2. The average Bonchev–Trinajstić information content (AvgIpc) is 2.43. The molecule has 6 nitrogen and oxygen atoms in total. The molecule has 0 saturated heterocycles. The van der Waals surface area contributed by atoms with Crippen LogP contribution in [0.5, 0.6) is 0 Å². The second-order valence-corrected chi connectivity index (χ2v) is 3.89. The lowest BCUT2D eigenvalue weighted by molar-refractivity contribution is 0.219. The maximum Gasteiger partial charge on any atom is 0.323 e. The third-order valence-corrected chi connectivity index (χ3v) is 2.72. The molecule has 18 heavy (non-hydrogen) atoms. The van der Waals surface area contributed by atoms with Gasteiger partial charge in [0.05, 0.1) is 0 Å². The normalized spacial score (nSPS) is 11.2. The number of carbonyl (C=O) groups excluding carboxylic acids is 1. The molecule has 0 aromatic heterocycles. The number of hydrogen-bond donors (Lipinski definition) is 2. The van der Waals surface area contributed by atoms with Crippen molar-refractivity contribution in [3.63, 3.8) is 0 Å². The van der Waals surface area contributed by atoms with E-state index in [0.717, 1.165) is 0 Å². The minimum absolute atomic E-state index is 0.0153.